The molecule has 120 valence electrons. The summed E-state index contributed by atoms with van der Waals surface area (Å²) in [7, 11) is 0. The van der Waals surface area contributed by atoms with Crippen LogP contribution >= 0.6 is 0 Å². The van der Waals surface area contributed by atoms with E-state index in [-0.39, 0.29) is 12.5 Å². The molecule has 0 unspecified atom stereocenters. The van der Waals surface area contributed by atoms with E-state index in [2.05, 4.69) is 35.2 Å². The highest BCUT2D eigenvalue weighted by Gasteiger charge is 2.36. The van der Waals surface area contributed by atoms with Gasteiger partial charge in [0, 0.05) is 25.7 Å². The molecule has 0 aromatic heterocycles. The van der Waals surface area contributed by atoms with E-state index in [4.69, 9.17) is 5.11 Å². The predicted molar refractivity (Wildman–Crippen MR) is 86.5 cm³/mol. The Morgan fingerprint density at radius 1 is 1.14 bits per heavy atom. The Morgan fingerprint density at radius 3 is 2.73 bits per heavy atom. The molecule has 3 aliphatic rings. The average molecular weight is 302 g/mol. The first-order chi connectivity index (χ1) is 10.8. The molecule has 2 bridgehead atoms. The van der Waals surface area contributed by atoms with Crippen LogP contribution in [0.3, 0.4) is 0 Å². The van der Waals surface area contributed by atoms with Crippen molar-refractivity contribution in [1.29, 1.82) is 0 Å². The van der Waals surface area contributed by atoms with Crippen LogP contribution in [0, 0.1) is 5.92 Å². The summed E-state index contributed by atoms with van der Waals surface area (Å²) in [6.07, 6.45) is 4.59. The number of aliphatic hydroxyl groups excluding tert-OH is 1. The summed E-state index contributed by atoms with van der Waals surface area (Å²) in [5.41, 5.74) is 1.40. The first kappa shape index (κ1) is 15.5. The van der Waals surface area contributed by atoms with E-state index in [0.717, 1.165) is 45.4 Å². The summed E-state index contributed by atoms with van der Waals surface area (Å²) in [4.78, 5) is 16.3. The molecular weight excluding hydrogens is 276 g/mol. The molecule has 1 amide bonds. The minimum absolute atomic E-state index is 0.0964. The molecule has 4 nitrogen and oxygen atoms in total. The molecule has 4 heteroatoms. The van der Waals surface area contributed by atoms with Crippen molar-refractivity contribution < 1.29 is 9.90 Å². The Balaban J connectivity index is 1.52. The fourth-order valence-corrected chi connectivity index (χ4v) is 3.91. The third kappa shape index (κ3) is 3.68. The van der Waals surface area contributed by atoms with E-state index < -0.39 is 0 Å². The number of benzene rings is 1. The van der Waals surface area contributed by atoms with E-state index in [9.17, 15) is 4.79 Å². The van der Waals surface area contributed by atoms with Crippen molar-refractivity contribution in [2.45, 2.75) is 31.7 Å². The highest BCUT2D eigenvalue weighted by atomic mass is 16.3. The monoisotopic (exact) mass is 302 g/mol. The smallest absolute Gasteiger partial charge is 0.248 e. The molecule has 22 heavy (non-hydrogen) atoms. The molecule has 1 aromatic carbocycles. The second kappa shape index (κ2) is 7.25. The Hall–Kier alpha value is -1.39. The zero-order valence-corrected chi connectivity index (χ0v) is 13.2. The summed E-state index contributed by atoms with van der Waals surface area (Å²) in [5.74, 6) is 0.479. The normalized spacial score (nSPS) is 25.2. The second-order valence-electron chi connectivity index (χ2n) is 6.65. The van der Waals surface area contributed by atoms with Gasteiger partial charge in [0.2, 0.25) is 5.91 Å². The number of piperidine rings is 1. The topological polar surface area (TPSA) is 43.8 Å². The van der Waals surface area contributed by atoms with Gasteiger partial charge in [-0.25, -0.2) is 0 Å². The molecule has 1 aromatic rings. The van der Waals surface area contributed by atoms with E-state index in [1.54, 1.807) is 0 Å². The SMILES string of the molecule is O=C(CO)N1C[C@H]2CC[C@@H]1CN(CCCc1ccccc1)C2. The van der Waals surface area contributed by atoms with Crippen molar-refractivity contribution >= 4 is 5.91 Å². The molecule has 3 fully saturated rings. The van der Waals surface area contributed by atoms with Gasteiger partial charge in [-0.1, -0.05) is 30.3 Å². The van der Waals surface area contributed by atoms with Crippen LogP contribution in [0.1, 0.15) is 24.8 Å². The largest absolute Gasteiger partial charge is 0.387 e. The van der Waals surface area contributed by atoms with E-state index in [0.29, 0.717) is 12.0 Å². The van der Waals surface area contributed by atoms with Crippen LogP contribution in [0.5, 0.6) is 0 Å². The number of fused-ring (bicyclic) bond motifs is 4. The highest BCUT2D eigenvalue weighted by molar-refractivity contribution is 5.77. The van der Waals surface area contributed by atoms with Gasteiger partial charge in [0.15, 0.2) is 0 Å². The highest BCUT2D eigenvalue weighted by Crippen LogP contribution is 2.28. The Kier molecular flexibility index (Phi) is 5.11. The molecule has 0 saturated carbocycles. The lowest BCUT2D eigenvalue weighted by atomic mass is 9.95. The van der Waals surface area contributed by atoms with E-state index >= 15 is 0 Å². The minimum atomic E-state index is -0.350. The van der Waals surface area contributed by atoms with Crippen LogP contribution in [0.4, 0.5) is 0 Å². The summed E-state index contributed by atoms with van der Waals surface area (Å²) in [6, 6.07) is 10.9. The van der Waals surface area contributed by atoms with Gasteiger partial charge >= 0.3 is 0 Å². The van der Waals surface area contributed by atoms with Gasteiger partial charge < -0.3 is 14.9 Å². The third-order valence-corrected chi connectivity index (χ3v) is 5.03. The molecule has 2 atom stereocenters. The second-order valence-corrected chi connectivity index (χ2v) is 6.65. The zero-order valence-electron chi connectivity index (χ0n) is 13.2. The quantitative estimate of drug-likeness (QED) is 0.897. The summed E-state index contributed by atoms with van der Waals surface area (Å²) < 4.78 is 0. The number of rotatable bonds is 5. The lowest BCUT2D eigenvalue weighted by Crippen LogP contribution is -2.48. The molecule has 4 rings (SSSR count). The molecule has 3 saturated heterocycles. The maximum absolute atomic E-state index is 11.9. The fourth-order valence-electron chi connectivity index (χ4n) is 3.91. The number of hydrogen-bond acceptors (Lipinski definition) is 3. The number of nitrogens with zero attached hydrogens (tertiary/aromatic N) is 2. The van der Waals surface area contributed by atoms with Crippen molar-refractivity contribution in [2.75, 3.05) is 32.8 Å². The van der Waals surface area contributed by atoms with Gasteiger partial charge in [0.05, 0.1) is 0 Å². The van der Waals surface area contributed by atoms with E-state index in [1.165, 1.54) is 12.0 Å². The van der Waals surface area contributed by atoms with Crippen molar-refractivity contribution in [2.24, 2.45) is 5.92 Å². The molecule has 0 aliphatic carbocycles. The van der Waals surface area contributed by atoms with Crippen LogP contribution in [-0.2, 0) is 11.2 Å². The number of aliphatic hydroxyl groups is 1. The van der Waals surface area contributed by atoms with Gasteiger partial charge in [0.1, 0.15) is 6.61 Å². The van der Waals surface area contributed by atoms with Crippen LogP contribution in [0.15, 0.2) is 30.3 Å². The van der Waals surface area contributed by atoms with Crippen LogP contribution in [0.2, 0.25) is 0 Å². The van der Waals surface area contributed by atoms with Crippen molar-refractivity contribution in [3.63, 3.8) is 0 Å². The standard InChI is InChI=1S/C18H26N2O2/c21-14-18(22)20-12-16-8-9-17(20)13-19(11-16)10-4-7-15-5-2-1-3-6-15/h1-3,5-6,16-17,21H,4,7-14H2/t16-,17+/m0/s1. The molecule has 3 heterocycles. The predicted octanol–water partition coefficient (Wildman–Crippen LogP) is 1.53. The van der Waals surface area contributed by atoms with Gasteiger partial charge in [-0.3, -0.25) is 4.79 Å². The maximum Gasteiger partial charge on any atom is 0.248 e. The fraction of sp³-hybridized carbons (Fsp3) is 0.611. The Morgan fingerprint density at radius 2 is 1.95 bits per heavy atom. The van der Waals surface area contributed by atoms with E-state index in [1.807, 2.05) is 4.90 Å². The van der Waals surface area contributed by atoms with Crippen molar-refractivity contribution in [3.05, 3.63) is 35.9 Å². The number of amides is 1. The van der Waals surface area contributed by atoms with Crippen LogP contribution in [-0.4, -0.2) is 59.6 Å². The summed E-state index contributed by atoms with van der Waals surface area (Å²) >= 11 is 0. The third-order valence-electron chi connectivity index (χ3n) is 5.03. The van der Waals surface area contributed by atoms with Crippen LogP contribution in [0.25, 0.3) is 0 Å². The zero-order chi connectivity index (χ0) is 15.4. The van der Waals surface area contributed by atoms with Crippen LogP contribution < -0.4 is 0 Å². The lowest BCUT2D eigenvalue weighted by Gasteiger charge is -2.35. The van der Waals surface area contributed by atoms with Gasteiger partial charge in [-0.2, -0.15) is 0 Å². The molecule has 0 radical (unpaired) electrons. The first-order valence-corrected chi connectivity index (χ1v) is 8.43. The van der Waals surface area contributed by atoms with Gasteiger partial charge in [-0.05, 0) is 43.7 Å². The average Bonchev–Trinajstić information content (AvgIpc) is 2.86. The number of hydrogen-bond donors (Lipinski definition) is 1. The van der Waals surface area contributed by atoms with Crippen molar-refractivity contribution in [1.82, 2.24) is 9.80 Å². The molecule has 1 N–H and O–H groups in total. The Labute approximate surface area is 132 Å². The summed E-state index contributed by atoms with van der Waals surface area (Å²) in [5, 5.41) is 9.14. The molecule has 3 aliphatic heterocycles. The molecular formula is C18H26N2O2. The van der Waals surface area contributed by atoms with Crippen molar-refractivity contribution in [3.8, 4) is 0 Å². The summed E-state index contributed by atoms with van der Waals surface area (Å²) in [6.45, 7) is 3.65. The van der Waals surface area contributed by atoms with Gasteiger partial charge in [0.25, 0.3) is 0 Å². The first-order valence-electron chi connectivity index (χ1n) is 8.43. The number of carbonyl (C=O) groups is 1. The maximum atomic E-state index is 11.9. The van der Waals surface area contributed by atoms with Gasteiger partial charge in [-0.15, -0.1) is 0 Å². The number of aryl methyl sites for hydroxylation is 1. The lowest BCUT2D eigenvalue weighted by molar-refractivity contribution is -0.138. The number of carbonyl (C=O) groups excluding carboxylic acids is 1. The minimum Gasteiger partial charge on any atom is -0.387 e. The Bertz CT molecular complexity index is 491. The molecule has 0 spiro atoms.